The molecule has 0 N–H and O–H groups in total. The van der Waals surface area contributed by atoms with Gasteiger partial charge < -0.3 is 8.98 Å². The molecule has 0 amide bonds. The summed E-state index contributed by atoms with van der Waals surface area (Å²) in [4.78, 5) is 0. The van der Waals surface area contributed by atoms with Crippen molar-refractivity contribution in [3.8, 4) is 0 Å². The first kappa shape index (κ1) is 26.9. The number of benzene rings is 3. The summed E-state index contributed by atoms with van der Waals surface area (Å²) in [6, 6.07) is 19.5. The van der Waals surface area contributed by atoms with Gasteiger partial charge in [0.1, 0.15) is 12.7 Å². The van der Waals surface area contributed by atoms with Crippen molar-refractivity contribution in [2.45, 2.75) is 30.1 Å². The number of rotatable bonds is 7. The molecule has 3 aromatic carbocycles. The maximum atomic E-state index is 15.1. The van der Waals surface area contributed by atoms with Gasteiger partial charge in [0.2, 0.25) is 0 Å². The molecule has 0 aliphatic rings. The van der Waals surface area contributed by atoms with Crippen LogP contribution in [0.4, 0.5) is 39.5 Å². The summed E-state index contributed by atoms with van der Waals surface area (Å²) in [7, 11) is -3.99. The molecule has 0 saturated carbocycles. The van der Waals surface area contributed by atoms with E-state index in [9.17, 15) is 35.3 Å². The maximum absolute atomic E-state index is 15.1. The van der Waals surface area contributed by atoms with Crippen LogP contribution in [-0.4, -0.2) is 18.0 Å². The molecule has 2 nitrogen and oxygen atoms in total. The first-order valence-corrected chi connectivity index (χ1v) is 12.4. The predicted molar refractivity (Wildman–Crippen MR) is 120 cm³/mol. The normalized spacial score (nSPS) is 13.8. The third kappa shape index (κ3) is 4.23. The lowest BCUT2D eigenvalue weighted by atomic mass is 9.98. The molecular formula is C25H16F9O2P. The van der Waals surface area contributed by atoms with Gasteiger partial charge in [-0.3, -0.25) is 0 Å². The number of fused-ring (bicyclic) bond motifs is 1. The van der Waals surface area contributed by atoms with Gasteiger partial charge in [-0.05, 0) is 6.07 Å². The van der Waals surface area contributed by atoms with E-state index in [1.165, 1.54) is 60.7 Å². The monoisotopic (exact) mass is 550 g/mol. The molecule has 1 aromatic heterocycles. The standard InChI is InChI=1S/C25H16F9O2P/c26-22(27,23(28,29)24(30,31)25(32,33)34)21-19(18-13-7-8-14-20(18)36-21)15-37(35,16-9-3-1-4-10-16)17-11-5-2-6-12-17/h1-14H,15H2. The number of hydrogen-bond acceptors (Lipinski definition) is 2. The molecule has 0 bridgehead atoms. The number of halogens is 9. The lowest BCUT2D eigenvalue weighted by molar-refractivity contribution is -0.401. The van der Waals surface area contributed by atoms with Crippen molar-refractivity contribution >= 4 is 28.7 Å². The quantitative estimate of drug-likeness (QED) is 0.173. The van der Waals surface area contributed by atoms with Crippen LogP contribution in [0.3, 0.4) is 0 Å². The maximum Gasteiger partial charge on any atom is 0.460 e. The van der Waals surface area contributed by atoms with Gasteiger partial charge in [0.15, 0.2) is 5.76 Å². The molecule has 0 atom stereocenters. The molecule has 0 radical (unpaired) electrons. The summed E-state index contributed by atoms with van der Waals surface area (Å²) in [6.07, 6.45) is -7.91. The Morgan fingerprint density at radius 1 is 0.622 bits per heavy atom. The largest absolute Gasteiger partial charge is 0.460 e. The molecule has 12 heteroatoms. The second kappa shape index (κ2) is 8.97. The fraction of sp³-hybridized carbons (Fsp3) is 0.200. The number of furan rings is 1. The Balaban J connectivity index is 1.98. The smallest absolute Gasteiger partial charge is 0.454 e. The van der Waals surface area contributed by atoms with Gasteiger partial charge in [-0.2, -0.15) is 39.5 Å². The van der Waals surface area contributed by atoms with Crippen molar-refractivity contribution < 1.29 is 48.5 Å². The Kier molecular flexibility index (Phi) is 6.51. The third-order valence-corrected chi connectivity index (χ3v) is 8.88. The van der Waals surface area contributed by atoms with Crippen molar-refractivity contribution in [3.63, 3.8) is 0 Å². The van der Waals surface area contributed by atoms with Crippen LogP contribution in [0.2, 0.25) is 0 Å². The molecule has 0 aliphatic carbocycles. The lowest BCUT2D eigenvalue weighted by Crippen LogP contribution is -2.59. The van der Waals surface area contributed by atoms with Crippen molar-refractivity contribution in [3.05, 3.63) is 96.3 Å². The highest BCUT2D eigenvalue weighted by atomic mass is 31.2. The topological polar surface area (TPSA) is 30.2 Å². The summed E-state index contributed by atoms with van der Waals surface area (Å²) in [6.45, 7) is 0. The van der Waals surface area contributed by atoms with E-state index in [0.717, 1.165) is 12.1 Å². The SMILES string of the molecule is O=P(Cc1c(C(F)(F)C(F)(F)C(F)(F)C(F)(F)F)oc2ccccc12)(c1ccccc1)c1ccccc1. The highest BCUT2D eigenvalue weighted by Gasteiger charge is 2.83. The van der Waals surface area contributed by atoms with Crippen molar-refractivity contribution in [1.29, 1.82) is 0 Å². The first-order valence-electron chi connectivity index (χ1n) is 10.6. The molecule has 1 heterocycles. The predicted octanol–water partition coefficient (Wildman–Crippen LogP) is 7.87. The summed E-state index contributed by atoms with van der Waals surface area (Å²) in [5.74, 6) is -22.3. The average Bonchev–Trinajstić information content (AvgIpc) is 3.23. The van der Waals surface area contributed by atoms with Crippen molar-refractivity contribution in [1.82, 2.24) is 0 Å². The van der Waals surface area contributed by atoms with E-state index >= 15 is 8.78 Å². The van der Waals surface area contributed by atoms with Crippen LogP contribution in [0.15, 0.2) is 89.3 Å². The minimum atomic E-state index is -7.11. The van der Waals surface area contributed by atoms with E-state index in [4.69, 9.17) is 4.42 Å². The molecule has 4 aromatic rings. The highest BCUT2D eigenvalue weighted by molar-refractivity contribution is 7.78. The van der Waals surface area contributed by atoms with Gasteiger partial charge in [-0.1, -0.05) is 78.9 Å². The Labute approximate surface area is 204 Å². The minimum Gasteiger partial charge on any atom is -0.454 e. The van der Waals surface area contributed by atoms with Gasteiger partial charge >= 0.3 is 23.9 Å². The Morgan fingerprint density at radius 3 is 1.57 bits per heavy atom. The summed E-state index contributed by atoms with van der Waals surface area (Å²) in [5, 5.41) is -0.0448. The van der Waals surface area contributed by atoms with E-state index in [1.54, 1.807) is 12.1 Å². The van der Waals surface area contributed by atoms with Crippen LogP contribution >= 0.6 is 7.14 Å². The van der Waals surface area contributed by atoms with Gasteiger partial charge in [0, 0.05) is 27.7 Å². The highest BCUT2D eigenvalue weighted by Crippen LogP contribution is 2.59. The van der Waals surface area contributed by atoms with Gasteiger partial charge in [-0.15, -0.1) is 0 Å². The zero-order chi connectivity index (χ0) is 27.3. The van der Waals surface area contributed by atoms with E-state index in [-0.39, 0.29) is 16.0 Å². The van der Waals surface area contributed by atoms with Crippen molar-refractivity contribution in [2.24, 2.45) is 0 Å². The minimum absolute atomic E-state index is 0.119. The Bertz CT molecular complexity index is 1400. The molecule has 0 unspecified atom stereocenters. The van der Waals surface area contributed by atoms with Crippen molar-refractivity contribution in [2.75, 3.05) is 0 Å². The third-order valence-electron chi connectivity index (χ3n) is 5.86. The Hall–Kier alpha value is -3.20. The first-order chi connectivity index (χ1) is 17.1. The fourth-order valence-electron chi connectivity index (χ4n) is 3.92. The molecule has 0 saturated heterocycles. The Morgan fingerprint density at radius 2 is 1.08 bits per heavy atom. The van der Waals surface area contributed by atoms with Crippen LogP contribution < -0.4 is 10.6 Å². The molecule has 4 rings (SSSR count). The summed E-state index contributed by atoms with van der Waals surface area (Å²) in [5.41, 5.74) is -1.35. The van der Waals surface area contributed by atoms with E-state index in [1.807, 2.05) is 0 Å². The molecule has 37 heavy (non-hydrogen) atoms. The zero-order valence-electron chi connectivity index (χ0n) is 18.5. The molecule has 0 spiro atoms. The van der Waals surface area contributed by atoms with Gasteiger partial charge in [0.25, 0.3) is 0 Å². The second-order valence-corrected chi connectivity index (χ2v) is 11.0. The van der Waals surface area contributed by atoms with Gasteiger partial charge in [0.05, 0.1) is 0 Å². The number of para-hydroxylation sites is 1. The average molecular weight is 550 g/mol. The van der Waals surface area contributed by atoms with E-state index in [2.05, 4.69) is 0 Å². The lowest BCUT2D eigenvalue weighted by Gasteiger charge is -2.33. The fourth-order valence-corrected chi connectivity index (χ4v) is 6.65. The van der Waals surface area contributed by atoms with Crippen LogP contribution in [0.1, 0.15) is 11.3 Å². The summed E-state index contributed by atoms with van der Waals surface area (Å²) < 4.78 is 144. The summed E-state index contributed by atoms with van der Waals surface area (Å²) >= 11 is 0. The van der Waals surface area contributed by atoms with Crippen LogP contribution in [0, 0.1) is 0 Å². The molecular weight excluding hydrogens is 534 g/mol. The van der Waals surface area contributed by atoms with Crippen LogP contribution in [0.25, 0.3) is 11.0 Å². The number of hydrogen-bond donors (Lipinski definition) is 0. The second-order valence-electron chi connectivity index (χ2n) is 8.20. The molecule has 0 fully saturated rings. The zero-order valence-corrected chi connectivity index (χ0v) is 19.3. The van der Waals surface area contributed by atoms with Crippen LogP contribution in [-0.2, 0) is 16.6 Å². The molecule has 196 valence electrons. The van der Waals surface area contributed by atoms with Gasteiger partial charge in [-0.25, -0.2) is 0 Å². The van der Waals surface area contributed by atoms with E-state index in [0.29, 0.717) is 0 Å². The number of alkyl halides is 9. The molecule has 0 aliphatic heterocycles. The van der Waals surface area contributed by atoms with E-state index < -0.39 is 54.2 Å². The van der Waals surface area contributed by atoms with Crippen LogP contribution in [0.5, 0.6) is 0 Å².